The third kappa shape index (κ3) is 4.64. The lowest BCUT2D eigenvalue weighted by molar-refractivity contribution is -0.128. The first-order valence-corrected chi connectivity index (χ1v) is 6.76. The quantitative estimate of drug-likeness (QED) is 0.360. The van der Waals surface area contributed by atoms with Crippen molar-refractivity contribution in [2.24, 2.45) is 0 Å². The zero-order chi connectivity index (χ0) is 14.4. The third-order valence-corrected chi connectivity index (χ3v) is 3.07. The second kappa shape index (κ2) is 8.10. The van der Waals surface area contributed by atoms with Gasteiger partial charge in [-0.05, 0) is 35.2 Å². The van der Waals surface area contributed by atoms with E-state index in [0.717, 1.165) is 30.0 Å². The summed E-state index contributed by atoms with van der Waals surface area (Å²) in [5, 5.41) is 0. The zero-order valence-corrected chi connectivity index (χ0v) is 12.3. The molecule has 0 heterocycles. The van der Waals surface area contributed by atoms with Gasteiger partial charge in [0.15, 0.2) is 0 Å². The highest BCUT2D eigenvalue weighted by Crippen LogP contribution is 2.23. The van der Waals surface area contributed by atoms with Crippen molar-refractivity contribution in [3.63, 3.8) is 0 Å². The lowest BCUT2D eigenvalue weighted by Gasteiger charge is -2.05. The first-order valence-electron chi connectivity index (χ1n) is 6.76. The Bertz CT molecular complexity index is 586. The molecule has 2 aromatic rings. The van der Waals surface area contributed by atoms with Crippen molar-refractivity contribution in [2.45, 2.75) is 19.8 Å². The highest BCUT2D eigenvalue weighted by molar-refractivity contribution is 5.83. The average Bonchev–Trinajstić information content (AvgIpc) is 2.49. The summed E-state index contributed by atoms with van der Waals surface area (Å²) in [4.78, 5) is 11.1. The van der Waals surface area contributed by atoms with E-state index >= 15 is 0 Å². The fourth-order valence-electron chi connectivity index (χ4n) is 2.03. The van der Waals surface area contributed by atoms with Gasteiger partial charge in [-0.2, -0.15) is 0 Å². The summed E-state index contributed by atoms with van der Waals surface area (Å²) in [6.07, 6.45) is 3.42. The SMILES string of the molecule is C=CC(=O)Oc1ccc(-c2ccc(CCC)cc2)cc1.[BH]. The number of esters is 1. The minimum absolute atomic E-state index is 0. The van der Waals surface area contributed by atoms with E-state index in [1.54, 1.807) is 12.1 Å². The summed E-state index contributed by atoms with van der Waals surface area (Å²) in [5.41, 5.74) is 3.62. The van der Waals surface area contributed by atoms with Gasteiger partial charge in [0.2, 0.25) is 0 Å². The maximum Gasteiger partial charge on any atom is 0.335 e. The number of rotatable bonds is 5. The maximum absolute atomic E-state index is 11.1. The smallest absolute Gasteiger partial charge is 0.335 e. The van der Waals surface area contributed by atoms with Crippen molar-refractivity contribution >= 4 is 14.4 Å². The first kappa shape index (κ1) is 16.8. The maximum atomic E-state index is 11.1. The molecule has 2 aromatic carbocycles. The summed E-state index contributed by atoms with van der Waals surface area (Å²) in [6.45, 7) is 5.55. The van der Waals surface area contributed by atoms with Crippen LogP contribution in [0.5, 0.6) is 5.75 Å². The van der Waals surface area contributed by atoms with Gasteiger partial charge in [-0.25, -0.2) is 4.79 Å². The Morgan fingerprint density at radius 3 is 2.05 bits per heavy atom. The number of carbonyl (C=O) groups excluding carboxylic acids is 1. The van der Waals surface area contributed by atoms with Crippen LogP contribution >= 0.6 is 0 Å². The minimum Gasteiger partial charge on any atom is -0.423 e. The van der Waals surface area contributed by atoms with Crippen molar-refractivity contribution < 1.29 is 9.53 Å². The molecule has 0 spiro atoms. The molecule has 0 saturated heterocycles. The molecule has 106 valence electrons. The number of aryl methyl sites for hydroxylation is 1. The Morgan fingerprint density at radius 2 is 1.57 bits per heavy atom. The highest BCUT2D eigenvalue weighted by Gasteiger charge is 2.01. The molecule has 0 aliphatic rings. The average molecular weight is 278 g/mol. The van der Waals surface area contributed by atoms with Crippen molar-refractivity contribution in [2.75, 3.05) is 0 Å². The van der Waals surface area contributed by atoms with Gasteiger partial charge in [0.1, 0.15) is 5.75 Å². The van der Waals surface area contributed by atoms with Gasteiger partial charge in [-0.1, -0.05) is 56.3 Å². The van der Waals surface area contributed by atoms with Crippen molar-refractivity contribution in [3.8, 4) is 16.9 Å². The summed E-state index contributed by atoms with van der Waals surface area (Å²) in [7, 11) is 0. The second-order valence-corrected chi connectivity index (χ2v) is 4.60. The summed E-state index contributed by atoms with van der Waals surface area (Å²) in [5.74, 6) is 0.0860. The van der Waals surface area contributed by atoms with Crippen LogP contribution in [0.15, 0.2) is 61.2 Å². The molecule has 0 atom stereocenters. The molecule has 0 unspecified atom stereocenters. The zero-order valence-electron chi connectivity index (χ0n) is 12.3. The molecule has 0 fully saturated rings. The predicted octanol–water partition coefficient (Wildman–Crippen LogP) is 3.75. The largest absolute Gasteiger partial charge is 0.423 e. The molecular weight excluding hydrogens is 259 g/mol. The van der Waals surface area contributed by atoms with Crippen molar-refractivity contribution in [1.29, 1.82) is 0 Å². The predicted molar refractivity (Wildman–Crippen MR) is 88.9 cm³/mol. The highest BCUT2D eigenvalue weighted by atomic mass is 16.5. The number of benzene rings is 2. The molecule has 2 rings (SSSR count). The standard InChI is InChI=1S/C18H18O2.BH/c1-3-5-14-6-8-15(9-7-14)16-10-12-17(13-11-16)20-18(19)4-2;/h4,6-13H,2-3,5H2,1H3;1H. The molecule has 21 heavy (non-hydrogen) atoms. The van der Waals surface area contributed by atoms with Gasteiger partial charge in [0.05, 0.1) is 0 Å². The Kier molecular flexibility index (Phi) is 6.47. The molecule has 2 nitrogen and oxygen atoms in total. The Balaban J connectivity index is 0.00000220. The molecule has 0 aliphatic carbocycles. The lowest BCUT2D eigenvalue weighted by atomic mass is 10.0. The molecule has 2 radical (unpaired) electrons. The number of ether oxygens (including phenoxy) is 1. The molecule has 0 amide bonds. The molecule has 0 N–H and O–H groups in total. The van der Waals surface area contributed by atoms with E-state index in [9.17, 15) is 4.79 Å². The van der Waals surface area contributed by atoms with Gasteiger partial charge in [-0.15, -0.1) is 0 Å². The van der Waals surface area contributed by atoms with Gasteiger partial charge in [-0.3, -0.25) is 0 Å². The topological polar surface area (TPSA) is 26.3 Å². The Hall–Kier alpha value is -2.29. The van der Waals surface area contributed by atoms with Gasteiger partial charge in [0, 0.05) is 14.5 Å². The van der Waals surface area contributed by atoms with Crippen LogP contribution in [0.3, 0.4) is 0 Å². The number of hydrogen-bond acceptors (Lipinski definition) is 2. The van der Waals surface area contributed by atoms with Gasteiger partial charge in [0.25, 0.3) is 0 Å². The van der Waals surface area contributed by atoms with Crippen LogP contribution in [0.1, 0.15) is 18.9 Å². The number of hydrogen-bond donors (Lipinski definition) is 0. The van der Waals surface area contributed by atoms with E-state index in [4.69, 9.17) is 4.74 Å². The van der Waals surface area contributed by atoms with Crippen molar-refractivity contribution in [1.82, 2.24) is 0 Å². The molecule has 0 aromatic heterocycles. The lowest BCUT2D eigenvalue weighted by Crippen LogP contribution is -2.02. The Morgan fingerprint density at radius 1 is 1.05 bits per heavy atom. The summed E-state index contributed by atoms with van der Waals surface area (Å²) >= 11 is 0. The van der Waals surface area contributed by atoms with Crippen LogP contribution in [-0.2, 0) is 11.2 Å². The van der Waals surface area contributed by atoms with Crippen LogP contribution in [0, 0.1) is 0 Å². The fraction of sp³-hybridized carbons (Fsp3) is 0.167. The minimum atomic E-state index is -0.443. The van der Waals surface area contributed by atoms with Crippen LogP contribution in [0.4, 0.5) is 0 Å². The molecule has 0 saturated carbocycles. The summed E-state index contributed by atoms with van der Waals surface area (Å²) < 4.78 is 5.05. The fourth-order valence-corrected chi connectivity index (χ4v) is 2.03. The van der Waals surface area contributed by atoms with E-state index in [1.165, 1.54) is 5.56 Å². The first-order chi connectivity index (χ1) is 9.72. The molecule has 0 aliphatic heterocycles. The number of carbonyl (C=O) groups is 1. The Labute approximate surface area is 128 Å². The van der Waals surface area contributed by atoms with E-state index in [2.05, 4.69) is 37.8 Å². The van der Waals surface area contributed by atoms with Crippen LogP contribution in [0.25, 0.3) is 11.1 Å². The van der Waals surface area contributed by atoms with Gasteiger partial charge >= 0.3 is 5.97 Å². The summed E-state index contributed by atoms with van der Waals surface area (Å²) in [6, 6.07) is 16.0. The van der Waals surface area contributed by atoms with Crippen molar-refractivity contribution in [3.05, 3.63) is 66.7 Å². The monoisotopic (exact) mass is 278 g/mol. The van der Waals surface area contributed by atoms with Crippen LogP contribution in [-0.4, -0.2) is 14.4 Å². The van der Waals surface area contributed by atoms with E-state index in [1.807, 2.05) is 12.1 Å². The van der Waals surface area contributed by atoms with E-state index < -0.39 is 5.97 Å². The van der Waals surface area contributed by atoms with Gasteiger partial charge < -0.3 is 4.74 Å². The van der Waals surface area contributed by atoms with E-state index in [-0.39, 0.29) is 8.41 Å². The third-order valence-electron chi connectivity index (χ3n) is 3.07. The normalized spacial score (nSPS) is 9.57. The molecule has 0 bridgehead atoms. The second-order valence-electron chi connectivity index (χ2n) is 4.60. The molecular formula is C18H19BO2. The molecule has 3 heteroatoms. The van der Waals surface area contributed by atoms with Crippen LogP contribution < -0.4 is 4.74 Å². The van der Waals surface area contributed by atoms with E-state index in [0.29, 0.717) is 5.75 Å². The van der Waals surface area contributed by atoms with Crippen LogP contribution in [0.2, 0.25) is 0 Å².